The molecule has 0 saturated heterocycles. The molecule has 0 radical (unpaired) electrons. The minimum absolute atomic E-state index is 0.0299. The van der Waals surface area contributed by atoms with Gasteiger partial charge >= 0.3 is 0 Å². The molecule has 21 heavy (non-hydrogen) atoms. The molecule has 0 aliphatic rings. The lowest BCUT2D eigenvalue weighted by Crippen LogP contribution is -2.35. The van der Waals surface area contributed by atoms with Gasteiger partial charge in [-0.2, -0.15) is 4.68 Å². The van der Waals surface area contributed by atoms with E-state index >= 15 is 0 Å². The molecule has 0 saturated carbocycles. The van der Waals surface area contributed by atoms with Crippen molar-refractivity contribution in [3.05, 3.63) is 38.6 Å². The van der Waals surface area contributed by atoms with Crippen LogP contribution >= 0.6 is 15.9 Å². The first-order valence-corrected chi connectivity index (χ1v) is 7.04. The van der Waals surface area contributed by atoms with Crippen LogP contribution in [0.2, 0.25) is 0 Å². The fraction of sp³-hybridized carbons (Fsp3) is 0.417. The van der Waals surface area contributed by atoms with E-state index in [-0.39, 0.29) is 11.2 Å². The minimum Gasteiger partial charge on any atom is -0.305 e. The Hall–Kier alpha value is -1.87. The SMILES string of the molecule is CC(C)(C)NCc1nnnn1-c1ccc(Br)c([N+](=O)[O-])c1. The quantitative estimate of drug-likeness (QED) is 0.667. The highest BCUT2D eigenvalue weighted by Crippen LogP contribution is 2.27. The van der Waals surface area contributed by atoms with Crippen LogP contribution in [0, 0.1) is 10.1 Å². The molecule has 1 N–H and O–H groups in total. The van der Waals surface area contributed by atoms with Gasteiger partial charge in [-0.3, -0.25) is 10.1 Å². The van der Waals surface area contributed by atoms with Gasteiger partial charge in [0.05, 0.1) is 21.6 Å². The lowest BCUT2D eigenvalue weighted by Gasteiger charge is -2.19. The normalized spacial score (nSPS) is 11.6. The number of nitro benzene ring substituents is 1. The second-order valence-corrected chi connectivity index (χ2v) is 6.36. The van der Waals surface area contributed by atoms with Crippen molar-refractivity contribution in [1.29, 1.82) is 0 Å². The molecule has 2 rings (SSSR count). The van der Waals surface area contributed by atoms with Crippen LogP contribution in [0.5, 0.6) is 0 Å². The molecule has 1 aromatic heterocycles. The molecule has 0 fully saturated rings. The molecule has 0 atom stereocenters. The number of tetrazole rings is 1. The third kappa shape index (κ3) is 3.82. The third-order valence-electron chi connectivity index (χ3n) is 2.68. The summed E-state index contributed by atoms with van der Waals surface area (Å²) in [6.45, 7) is 6.56. The standard InChI is InChI=1S/C12H15BrN6O2/c1-12(2,3)14-7-11-15-16-17-18(11)8-4-5-9(13)10(6-8)19(20)21/h4-6,14H,7H2,1-3H3. The maximum atomic E-state index is 11.0. The predicted octanol–water partition coefficient (Wildman–Crippen LogP) is 2.22. The van der Waals surface area contributed by atoms with Gasteiger partial charge in [0, 0.05) is 11.6 Å². The van der Waals surface area contributed by atoms with Crippen LogP contribution in [-0.2, 0) is 6.54 Å². The van der Waals surface area contributed by atoms with E-state index in [0.717, 1.165) is 0 Å². The smallest absolute Gasteiger partial charge is 0.285 e. The van der Waals surface area contributed by atoms with Crippen molar-refractivity contribution in [2.45, 2.75) is 32.9 Å². The largest absolute Gasteiger partial charge is 0.305 e. The zero-order valence-corrected chi connectivity index (χ0v) is 13.5. The lowest BCUT2D eigenvalue weighted by atomic mass is 10.1. The van der Waals surface area contributed by atoms with E-state index in [2.05, 4.69) is 36.8 Å². The summed E-state index contributed by atoms with van der Waals surface area (Å²) in [5, 5.41) is 25.7. The Morgan fingerprint density at radius 2 is 2.14 bits per heavy atom. The van der Waals surface area contributed by atoms with Crippen molar-refractivity contribution >= 4 is 21.6 Å². The van der Waals surface area contributed by atoms with Gasteiger partial charge in [0.25, 0.3) is 5.69 Å². The second-order valence-electron chi connectivity index (χ2n) is 5.50. The fourth-order valence-corrected chi connectivity index (χ4v) is 2.02. The molecule has 0 amide bonds. The molecule has 0 bridgehead atoms. The molecule has 1 heterocycles. The number of benzene rings is 1. The van der Waals surface area contributed by atoms with E-state index in [1.54, 1.807) is 12.1 Å². The Morgan fingerprint density at radius 3 is 2.76 bits per heavy atom. The summed E-state index contributed by atoms with van der Waals surface area (Å²) in [5.74, 6) is 0.585. The maximum absolute atomic E-state index is 11.0. The van der Waals surface area contributed by atoms with E-state index in [1.165, 1.54) is 10.7 Å². The molecule has 112 valence electrons. The molecule has 2 aromatic rings. The number of aromatic nitrogens is 4. The van der Waals surface area contributed by atoms with Crippen molar-refractivity contribution in [1.82, 2.24) is 25.5 Å². The summed E-state index contributed by atoms with van der Waals surface area (Å²) in [6.07, 6.45) is 0. The molecule has 0 unspecified atom stereocenters. The highest BCUT2D eigenvalue weighted by molar-refractivity contribution is 9.10. The summed E-state index contributed by atoms with van der Waals surface area (Å²) in [5.41, 5.74) is 0.431. The molecule has 9 heteroatoms. The van der Waals surface area contributed by atoms with Crippen molar-refractivity contribution < 1.29 is 4.92 Å². The Labute approximate surface area is 129 Å². The first-order valence-electron chi connectivity index (χ1n) is 6.24. The van der Waals surface area contributed by atoms with Crippen molar-refractivity contribution in [3.63, 3.8) is 0 Å². The predicted molar refractivity (Wildman–Crippen MR) is 80.1 cm³/mol. The number of nitro groups is 1. The van der Waals surface area contributed by atoms with E-state index in [9.17, 15) is 10.1 Å². The Kier molecular flexibility index (Phi) is 4.33. The molecule has 0 spiro atoms. The summed E-state index contributed by atoms with van der Waals surface area (Å²) in [7, 11) is 0. The molecular formula is C12H15BrN6O2. The van der Waals surface area contributed by atoms with Gasteiger partial charge in [-0.25, -0.2) is 0 Å². The van der Waals surface area contributed by atoms with Crippen LogP contribution < -0.4 is 5.32 Å². The van der Waals surface area contributed by atoms with Crippen LogP contribution in [0.25, 0.3) is 5.69 Å². The summed E-state index contributed by atoms with van der Waals surface area (Å²) < 4.78 is 1.90. The number of hydrogen-bond acceptors (Lipinski definition) is 6. The fourth-order valence-electron chi connectivity index (χ4n) is 1.63. The van der Waals surface area contributed by atoms with Crippen molar-refractivity contribution in [2.24, 2.45) is 0 Å². The Balaban J connectivity index is 2.33. The Morgan fingerprint density at radius 1 is 1.43 bits per heavy atom. The minimum atomic E-state index is -0.453. The van der Waals surface area contributed by atoms with Gasteiger partial charge in [0.2, 0.25) is 0 Å². The van der Waals surface area contributed by atoms with E-state index < -0.39 is 4.92 Å². The first-order chi connectivity index (χ1) is 9.78. The summed E-state index contributed by atoms with van der Waals surface area (Å²) >= 11 is 3.15. The zero-order valence-electron chi connectivity index (χ0n) is 11.9. The molecule has 0 aliphatic carbocycles. The van der Waals surface area contributed by atoms with Crippen LogP contribution in [0.15, 0.2) is 22.7 Å². The van der Waals surface area contributed by atoms with Gasteiger partial charge in [-0.15, -0.1) is 5.10 Å². The third-order valence-corrected chi connectivity index (χ3v) is 3.35. The molecular weight excluding hydrogens is 340 g/mol. The number of halogens is 1. The Bertz CT molecular complexity index is 664. The van der Waals surface area contributed by atoms with Crippen molar-refractivity contribution in [3.8, 4) is 5.69 Å². The summed E-state index contributed by atoms with van der Waals surface area (Å²) in [6, 6.07) is 4.76. The molecule has 8 nitrogen and oxygen atoms in total. The monoisotopic (exact) mass is 354 g/mol. The summed E-state index contributed by atoms with van der Waals surface area (Å²) in [4.78, 5) is 10.5. The van der Waals surface area contributed by atoms with Gasteiger partial charge in [0.1, 0.15) is 0 Å². The van der Waals surface area contributed by atoms with E-state index in [4.69, 9.17) is 0 Å². The zero-order chi connectivity index (χ0) is 15.6. The highest BCUT2D eigenvalue weighted by atomic mass is 79.9. The molecule has 1 aromatic carbocycles. The number of hydrogen-bond donors (Lipinski definition) is 1. The average molecular weight is 355 g/mol. The second kappa shape index (κ2) is 5.86. The van der Waals surface area contributed by atoms with Gasteiger partial charge < -0.3 is 5.32 Å². The first kappa shape index (κ1) is 15.5. The van der Waals surface area contributed by atoms with Crippen LogP contribution in [0.4, 0.5) is 5.69 Å². The van der Waals surface area contributed by atoms with Gasteiger partial charge in [0.15, 0.2) is 5.82 Å². The number of rotatable bonds is 4. The number of nitrogens with one attached hydrogen (secondary N) is 1. The van der Waals surface area contributed by atoms with Gasteiger partial charge in [-0.1, -0.05) is 0 Å². The highest BCUT2D eigenvalue weighted by Gasteiger charge is 2.17. The topological polar surface area (TPSA) is 98.8 Å². The van der Waals surface area contributed by atoms with Gasteiger partial charge in [-0.05, 0) is 59.3 Å². The number of nitrogens with zero attached hydrogens (tertiary/aromatic N) is 5. The maximum Gasteiger partial charge on any atom is 0.285 e. The van der Waals surface area contributed by atoms with E-state index in [0.29, 0.717) is 22.5 Å². The van der Waals surface area contributed by atoms with Crippen molar-refractivity contribution in [2.75, 3.05) is 0 Å². The van der Waals surface area contributed by atoms with Crippen LogP contribution in [-0.4, -0.2) is 30.7 Å². The molecule has 0 aliphatic heterocycles. The lowest BCUT2D eigenvalue weighted by molar-refractivity contribution is -0.385. The van der Waals surface area contributed by atoms with E-state index in [1.807, 2.05) is 20.8 Å². The average Bonchev–Trinajstić information content (AvgIpc) is 2.84. The van der Waals surface area contributed by atoms with Crippen LogP contribution in [0.3, 0.4) is 0 Å². The van der Waals surface area contributed by atoms with Crippen LogP contribution in [0.1, 0.15) is 26.6 Å².